The van der Waals surface area contributed by atoms with Gasteiger partial charge in [0.25, 0.3) is 5.69 Å². The van der Waals surface area contributed by atoms with Gasteiger partial charge in [0, 0.05) is 18.0 Å². The van der Waals surface area contributed by atoms with E-state index in [4.69, 9.17) is 11.6 Å². The number of non-ortho nitro benzene ring substituents is 1. The maximum Gasteiger partial charge on any atom is 0.270 e. The highest BCUT2D eigenvalue weighted by molar-refractivity contribution is 7.92. The van der Waals surface area contributed by atoms with Crippen molar-refractivity contribution in [2.75, 3.05) is 5.88 Å². The molecule has 0 fully saturated rings. The Morgan fingerprint density at radius 3 is 2.56 bits per heavy atom. The van der Waals surface area contributed by atoms with E-state index in [2.05, 4.69) is 0 Å². The topological polar surface area (TPSA) is 77.3 Å². The monoisotopic (exact) mass is 291 g/mol. The van der Waals surface area contributed by atoms with Crippen LogP contribution in [0.5, 0.6) is 0 Å². The van der Waals surface area contributed by atoms with Crippen molar-refractivity contribution in [3.8, 4) is 0 Å². The van der Waals surface area contributed by atoms with E-state index < -0.39 is 20.0 Å². The summed E-state index contributed by atoms with van der Waals surface area (Å²) in [4.78, 5) is 10.1. The van der Waals surface area contributed by atoms with E-state index in [1.807, 2.05) is 0 Å². The van der Waals surface area contributed by atoms with Crippen molar-refractivity contribution in [2.24, 2.45) is 0 Å². The van der Waals surface area contributed by atoms with Gasteiger partial charge in [-0.15, -0.1) is 11.6 Å². The fourth-order valence-corrected chi connectivity index (χ4v) is 3.65. The van der Waals surface area contributed by atoms with E-state index in [0.29, 0.717) is 12.0 Å². The summed E-state index contributed by atoms with van der Waals surface area (Å²) < 4.78 is 24.5. The molecular weight excluding hydrogens is 278 g/mol. The number of nitrogens with zero attached hydrogens (tertiary/aromatic N) is 1. The molecule has 0 heterocycles. The van der Waals surface area contributed by atoms with Gasteiger partial charge < -0.3 is 0 Å². The lowest BCUT2D eigenvalue weighted by Crippen LogP contribution is -2.19. The van der Waals surface area contributed by atoms with E-state index in [0.717, 1.165) is 6.07 Å². The molecule has 0 amide bonds. The van der Waals surface area contributed by atoms with Crippen LogP contribution in [-0.4, -0.2) is 24.5 Å². The molecule has 0 bridgehead atoms. The highest BCUT2D eigenvalue weighted by Gasteiger charge is 2.26. The molecule has 1 aromatic carbocycles. The molecule has 100 valence electrons. The summed E-state index contributed by atoms with van der Waals surface area (Å²) in [5, 5.41) is 10.0. The average Bonchev–Trinajstić information content (AvgIpc) is 2.29. The molecule has 0 saturated heterocycles. The summed E-state index contributed by atoms with van der Waals surface area (Å²) in [5.41, 5.74) is 0.277. The van der Waals surface area contributed by atoms with Crippen molar-refractivity contribution in [2.45, 2.75) is 30.4 Å². The first-order valence-electron chi connectivity index (χ1n) is 5.35. The van der Waals surface area contributed by atoms with Crippen molar-refractivity contribution in [3.63, 3.8) is 0 Å². The molecular formula is C11H14ClNO4S. The molecule has 0 spiro atoms. The van der Waals surface area contributed by atoms with Gasteiger partial charge in [-0.1, -0.05) is 6.07 Å². The summed E-state index contributed by atoms with van der Waals surface area (Å²) in [6.45, 7) is 3.17. The molecule has 1 rings (SSSR count). The fourth-order valence-electron chi connectivity index (χ4n) is 1.53. The van der Waals surface area contributed by atoms with Crippen LogP contribution in [0, 0.1) is 17.0 Å². The van der Waals surface area contributed by atoms with Crippen LogP contribution in [0.15, 0.2) is 23.1 Å². The number of nitro groups is 1. The number of alkyl halides is 1. The van der Waals surface area contributed by atoms with Crippen LogP contribution in [0.2, 0.25) is 0 Å². The Labute approximate surface area is 111 Å². The maximum absolute atomic E-state index is 12.2. The van der Waals surface area contributed by atoms with Gasteiger partial charge in [-0.05, 0) is 25.8 Å². The molecule has 0 N–H and O–H groups in total. The number of hydrogen-bond donors (Lipinski definition) is 0. The Bertz CT molecular complexity index is 556. The molecule has 0 radical (unpaired) electrons. The Balaban J connectivity index is 3.31. The van der Waals surface area contributed by atoms with Crippen molar-refractivity contribution in [1.29, 1.82) is 0 Å². The summed E-state index contributed by atoms with van der Waals surface area (Å²) in [5.74, 6) is 0.231. The molecule has 0 aliphatic carbocycles. The van der Waals surface area contributed by atoms with E-state index in [1.165, 1.54) is 12.1 Å². The molecule has 0 saturated carbocycles. The molecule has 1 aromatic rings. The van der Waals surface area contributed by atoms with E-state index in [1.54, 1.807) is 13.8 Å². The standard InChI is InChI=1S/C11H14ClNO4S/c1-8-3-4-10(13(14)15)7-11(8)18(16,17)9(2)5-6-12/h3-4,7,9H,5-6H2,1-2H3. The fraction of sp³-hybridized carbons (Fsp3) is 0.455. The van der Waals surface area contributed by atoms with Crippen LogP contribution < -0.4 is 0 Å². The lowest BCUT2D eigenvalue weighted by molar-refractivity contribution is -0.385. The first kappa shape index (κ1) is 14.9. The lowest BCUT2D eigenvalue weighted by Gasteiger charge is -2.13. The van der Waals surface area contributed by atoms with E-state index in [-0.39, 0.29) is 16.5 Å². The Kier molecular flexibility index (Phi) is 4.70. The zero-order valence-corrected chi connectivity index (χ0v) is 11.7. The number of rotatable bonds is 5. The Morgan fingerprint density at radius 2 is 2.06 bits per heavy atom. The summed E-state index contributed by atoms with van der Waals surface area (Å²) in [7, 11) is -3.58. The van der Waals surface area contributed by atoms with Gasteiger partial charge >= 0.3 is 0 Å². The lowest BCUT2D eigenvalue weighted by atomic mass is 10.2. The number of halogens is 1. The third-order valence-electron chi connectivity index (χ3n) is 2.73. The van der Waals surface area contributed by atoms with Gasteiger partial charge in [0.2, 0.25) is 0 Å². The van der Waals surface area contributed by atoms with Crippen LogP contribution in [0.1, 0.15) is 18.9 Å². The zero-order chi connectivity index (χ0) is 13.9. The van der Waals surface area contributed by atoms with Crippen molar-refractivity contribution in [3.05, 3.63) is 33.9 Å². The number of benzene rings is 1. The van der Waals surface area contributed by atoms with E-state index in [9.17, 15) is 18.5 Å². The molecule has 1 atom stereocenters. The maximum atomic E-state index is 12.2. The quantitative estimate of drug-likeness (QED) is 0.475. The molecule has 18 heavy (non-hydrogen) atoms. The molecule has 0 aliphatic heterocycles. The number of sulfone groups is 1. The van der Waals surface area contributed by atoms with Crippen LogP contribution in [0.4, 0.5) is 5.69 Å². The largest absolute Gasteiger partial charge is 0.270 e. The second-order valence-corrected chi connectivity index (χ2v) is 6.75. The molecule has 7 heteroatoms. The van der Waals surface area contributed by atoms with Crippen molar-refractivity contribution in [1.82, 2.24) is 0 Å². The predicted octanol–water partition coefficient (Wildman–Crippen LogP) is 2.69. The minimum atomic E-state index is -3.58. The number of aryl methyl sites for hydroxylation is 1. The SMILES string of the molecule is Cc1ccc([N+](=O)[O-])cc1S(=O)(=O)C(C)CCCl. The third-order valence-corrected chi connectivity index (χ3v) is 5.30. The summed E-state index contributed by atoms with van der Waals surface area (Å²) >= 11 is 5.54. The van der Waals surface area contributed by atoms with Crippen molar-refractivity contribution < 1.29 is 13.3 Å². The van der Waals surface area contributed by atoms with Gasteiger partial charge in [-0.2, -0.15) is 0 Å². The normalized spacial score (nSPS) is 13.3. The Morgan fingerprint density at radius 1 is 1.44 bits per heavy atom. The number of hydrogen-bond acceptors (Lipinski definition) is 4. The van der Waals surface area contributed by atoms with Gasteiger partial charge in [-0.3, -0.25) is 10.1 Å². The molecule has 0 aromatic heterocycles. The summed E-state index contributed by atoms with van der Waals surface area (Å²) in [6.07, 6.45) is 0.312. The minimum absolute atomic E-state index is 0.00863. The van der Waals surface area contributed by atoms with Gasteiger partial charge in [0.1, 0.15) is 0 Å². The third kappa shape index (κ3) is 3.00. The van der Waals surface area contributed by atoms with Crippen LogP contribution in [0.25, 0.3) is 0 Å². The summed E-state index contributed by atoms with van der Waals surface area (Å²) in [6, 6.07) is 3.84. The van der Waals surface area contributed by atoms with Crippen LogP contribution in [-0.2, 0) is 9.84 Å². The first-order valence-corrected chi connectivity index (χ1v) is 7.43. The first-order chi connectivity index (χ1) is 8.30. The molecule has 0 aliphatic rings. The highest BCUT2D eigenvalue weighted by Crippen LogP contribution is 2.26. The predicted molar refractivity (Wildman–Crippen MR) is 69.8 cm³/mol. The van der Waals surface area contributed by atoms with Gasteiger partial charge in [0.15, 0.2) is 9.84 Å². The minimum Gasteiger partial charge on any atom is -0.258 e. The molecule has 1 unspecified atom stereocenters. The van der Waals surface area contributed by atoms with Crippen molar-refractivity contribution >= 4 is 27.1 Å². The second-order valence-electron chi connectivity index (χ2n) is 4.04. The number of nitro benzene ring substituents is 1. The van der Waals surface area contributed by atoms with Crippen LogP contribution >= 0.6 is 11.6 Å². The second kappa shape index (κ2) is 5.67. The molecule has 5 nitrogen and oxygen atoms in total. The van der Waals surface area contributed by atoms with E-state index >= 15 is 0 Å². The van der Waals surface area contributed by atoms with Crippen LogP contribution in [0.3, 0.4) is 0 Å². The Hall–Kier alpha value is -1.14. The zero-order valence-electron chi connectivity index (χ0n) is 10.1. The average molecular weight is 292 g/mol. The van der Waals surface area contributed by atoms with Gasteiger partial charge in [-0.25, -0.2) is 8.42 Å². The van der Waals surface area contributed by atoms with Gasteiger partial charge in [0.05, 0.1) is 15.1 Å². The highest BCUT2D eigenvalue weighted by atomic mass is 35.5. The smallest absolute Gasteiger partial charge is 0.258 e.